The number of nitrogens with two attached hydrogens (primary N) is 3. The summed E-state index contributed by atoms with van der Waals surface area (Å²) in [6.07, 6.45) is 0.330. The van der Waals surface area contributed by atoms with Gasteiger partial charge in [0.15, 0.2) is 11.5 Å². The maximum Gasteiger partial charge on any atom is 0.270 e. The number of nitrogens with one attached hydrogen (secondary N) is 2. The molecule has 0 fully saturated rings. The van der Waals surface area contributed by atoms with E-state index >= 15 is 0 Å². The number of aliphatic imine (C=N–C) groups is 2. The Hall–Kier alpha value is -3.43. The average Bonchev–Trinajstić information content (AvgIpc) is 2.59. The van der Waals surface area contributed by atoms with Crippen molar-refractivity contribution in [3.63, 3.8) is 0 Å². The first-order chi connectivity index (χ1) is 12.2. The summed E-state index contributed by atoms with van der Waals surface area (Å²) in [6, 6.07) is 4.28. The lowest BCUT2D eigenvalue weighted by molar-refractivity contribution is -0.119. The number of nitrogens with zero attached hydrogens (tertiary/aromatic N) is 2. The lowest BCUT2D eigenvalue weighted by atomic mass is 10.2. The van der Waals surface area contributed by atoms with Crippen LogP contribution in [0.5, 0.6) is 5.75 Å². The molecular weight excluding hydrogens is 338 g/mol. The predicted molar refractivity (Wildman–Crippen MR) is 101 cm³/mol. The summed E-state index contributed by atoms with van der Waals surface area (Å²) in [5.41, 5.74) is 16.9. The molecule has 0 saturated carbocycles. The summed E-state index contributed by atoms with van der Waals surface area (Å²) in [7, 11) is 1.52. The molecule has 10 nitrogen and oxygen atoms in total. The van der Waals surface area contributed by atoms with Gasteiger partial charge in [-0.3, -0.25) is 15.0 Å². The summed E-state index contributed by atoms with van der Waals surface area (Å²) in [6.45, 7) is 3.57. The number of carbonyl (C=O) groups excluding carboxylic acids is 2. The first kappa shape index (κ1) is 20.6. The van der Waals surface area contributed by atoms with E-state index in [1.54, 1.807) is 25.1 Å². The smallest absolute Gasteiger partial charge is 0.270 e. The molecule has 10 heteroatoms. The van der Waals surface area contributed by atoms with Crippen molar-refractivity contribution in [1.82, 2.24) is 0 Å². The molecule has 1 aromatic rings. The number of benzene rings is 1. The van der Waals surface area contributed by atoms with Crippen LogP contribution in [0.15, 0.2) is 28.2 Å². The SMILES string of the molecule is CC[C@@H](N=C(N)N=C(Nc1ccc(C)c(OC)c1)C(=N)C(N)=O)C(N)=O. The van der Waals surface area contributed by atoms with E-state index < -0.39 is 23.6 Å². The van der Waals surface area contributed by atoms with E-state index in [0.29, 0.717) is 17.9 Å². The Morgan fingerprint density at radius 2 is 1.96 bits per heavy atom. The summed E-state index contributed by atoms with van der Waals surface area (Å²) in [5, 5.41) is 10.6. The first-order valence-electron chi connectivity index (χ1n) is 7.71. The molecule has 0 spiro atoms. The van der Waals surface area contributed by atoms with Gasteiger partial charge in [-0.15, -0.1) is 0 Å². The van der Waals surface area contributed by atoms with Crippen molar-refractivity contribution in [2.45, 2.75) is 26.3 Å². The molecule has 1 aromatic carbocycles. The van der Waals surface area contributed by atoms with Crippen molar-refractivity contribution in [2.24, 2.45) is 27.2 Å². The Balaban J connectivity index is 3.24. The number of primary amides is 2. The van der Waals surface area contributed by atoms with E-state index in [9.17, 15) is 9.59 Å². The summed E-state index contributed by atoms with van der Waals surface area (Å²) in [5.74, 6) is -1.60. The zero-order valence-electron chi connectivity index (χ0n) is 14.9. The van der Waals surface area contributed by atoms with Gasteiger partial charge in [-0.25, -0.2) is 4.99 Å². The lowest BCUT2D eigenvalue weighted by Gasteiger charge is -2.12. The fourth-order valence-electron chi connectivity index (χ4n) is 1.96. The van der Waals surface area contributed by atoms with E-state index in [1.165, 1.54) is 7.11 Å². The molecule has 0 aliphatic rings. The van der Waals surface area contributed by atoms with E-state index in [1.807, 2.05) is 6.92 Å². The monoisotopic (exact) mass is 361 g/mol. The molecule has 0 unspecified atom stereocenters. The normalized spacial score (nSPS) is 13.0. The van der Waals surface area contributed by atoms with Crippen LogP contribution in [-0.2, 0) is 9.59 Å². The largest absolute Gasteiger partial charge is 0.496 e. The van der Waals surface area contributed by atoms with Gasteiger partial charge >= 0.3 is 0 Å². The number of ether oxygens (including phenoxy) is 1. The molecule has 0 radical (unpaired) electrons. The van der Waals surface area contributed by atoms with Crippen molar-refractivity contribution >= 4 is 35.0 Å². The number of carbonyl (C=O) groups is 2. The Labute approximate surface area is 151 Å². The topological polar surface area (TPSA) is 182 Å². The number of hydrogen-bond donors (Lipinski definition) is 5. The fraction of sp³-hybridized carbons (Fsp3) is 0.312. The third-order valence-corrected chi connectivity index (χ3v) is 3.38. The van der Waals surface area contributed by atoms with Crippen molar-refractivity contribution in [1.29, 1.82) is 5.41 Å². The molecule has 140 valence electrons. The van der Waals surface area contributed by atoms with E-state index in [0.717, 1.165) is 5.56 Å². The molecule has 2 amide bonds. The fourth-order valence-corrected chi connectivity index (χ4v) is 1.96. The van der Waals surface area contributed by atoms with Crippen molar-refractivity contribution in [2.75, 3.05) is 12.4 Å². The van der Waals surface area contributed by atoms with Crippen LogP contribution in [0, 0.1) is 12.3 Å². The van der Waals surface area contributed by atoms with Crippen molar-refractivity contribution in [3.05, 3.63) is 23.8 Å². The Bertz CT molecular complexity index is 771. The lowest BCUT2D eigenvalue weighted by Crippen LogP contribution is -2.36. The van der Waals surface area contributed by atoms with Crippen LogP contribution in [0.3, 0.4) is 0 Å². The number of amidine groups is 1. The number of guanidine groups is 1. The third-order valence-electron chi connectivity index (χ3n) is 3.38. The van der Waals surface area contributed by atoms with Crippen LogP contribution < -0.4 is 27.3 Å². The van der Waals surface area contributed by atoms with Crippen LogP contribution in [0.25, 0.3) is 0 Å². The van der Waals surface area contributed by atoms with Gasteiger partial charge in [0.1, 0.15) is 11.8 Å². The zero-order valence-corrected chi connectivity index (χ0v) is 14.9. The van der Waals surface area contributed by atoms with Gasteiger partial charge in [0.2, 0.25) is 11.9 Å². The average molecular weight is 361 g/mol. The highest BCUT2D eigenvalue weighted by Gasteiger charge is 2.16. The van der Waals surface area contributed by atoms with Gasteiger partial charge in [-0.05, 0) is 25.0 Å². The molecule has 0 saturated heterocycles. The van der Waals surface area contributed by atoms with Crippen molar-refractivity contribution < 1.29 is 14.3 Å². The van der Waals surface area contributed by atoms with E-state index in [2.05, 4.69) is 15.3 Å². The second kappa shape index (κ2) is 9.16. The summed E-state index contributed by atoms with van der Waals surface area (Å²) in [4.78, 5) is 30.4. The minimum Gasteiger partial charge on any atom is -0.496 e. The van der Waals surface area contributed by atoms with Crippen LogP contribution >= 0.6 is 0 Å². The number of rotatable bonds is 7. The second-order valence-electron chi connectivity index (χ2n) is 5.32. The van der Waals surface area contributed by atoms with Crippen molar-refractivity contribution in [3.8, 4) is 5.75 Å². The molecule has 0 heterocycles. The molecule has 0 aliphatic heterocycles. The molecule has 0 bridgehead atoms. The standard InChI is InChI=1S/C16H23N7O3/c1-4-10(13(18)24)22-16(20)23-15(12(17)14(19)25)21-9-6-5-8(2)11(7-9)26-3/h5-7,10,17H,4H2,1-3H3,(H2,18,24)(H2,19,25)(H3,20,21,22,23)/t10-/m1/s1. The predicted octanol–water partition coefficient (Wildman–Crippen LogP) is -0.102. The Kier molecular flexibility index (Phi) is 7.26. The number of amides is 2. The van der Waals surface area contributed by atoms with Gasteiger partial charge in [0.05, 0.1) is 7.11 Å². The quantitative estimate of drug-likeness (QED) is 0.335. The summed E-state index contributed by atoms with van der Waals surface area (Å²) < 4.78 is 5.22. The molecule has 26 heavy (non-hydrogen) atoms. The number of methoxy groups -OCH3 is 1. The minimum absolute atomic E-state index is 0.219. The van der Waals surface area contributed by atoms with Gasteiger partial charge in [0.25, 0.3) is 5.91 Å². The van der Waals surface area contributed by atoms with Crippen LogP contribution in [0.1, 0.15) is 18.9 Å². The van der Waals surface area contributed by atoms with Crippen LogP contribution in [0.4, 0.5) is 5.69 Å². The molecule has 8 N–H and O–H groups in total. The minimum atomic E-state index is -1.01. The molecule has 0 aromatic heterocycles. The highest BCUT2D eigenvalue weighted by atomic mass is 16.5. The zero-order chi connectivity index (χ0) is 19.9. The highest BCUT2D eigenvalue weighted by Crippen LogP contribution is 2.22. The molecule has 1 atom stereocenters. The van der Waals surface area contributed by atoms with Crippen LogP contribution in [-0.4, -0.2) is 42.5 Å². The maximum atomic E-state index is 11.4. The summed E-state index contributed by atoms with van der Waals surface area (Å²) >= 11 is 0. The van der Waals surface area contributed by atoms with Gasteiger partial charge in [0, 0.05) is 11.8 Å². The van der Waals surface area contributed by atoms with Gasteiger partial charge in [-0.1, -0.05) is 13.0 Å². The first-order valence-corrected chi connectivity index (χ1v) is 7.71. The van der Waals surface area contributed by atoms with Gasteiger partial charge < -0.3 is 27.3 Å². The molecule has 0 aliphatic carbocycles. The highest BCUT2D eigenvalue weighted by molar-refractivity contribution is 6.67. The van der Waals surface area contributed by atoms with Gasteiger partial charge in [-0.2, -0.15) is 4.99 Å². The molecule has 1 rings (SSSR count). The third kappa shape index (κ3) is 5.58. The van der Waals surface area contributed by atoms with Crippen LogP contribution in [0.2, 0.25) is 0 Å². The Morgan fingerprint density at radius 1 is 1.31 bits per heavy atom. The Morgan fingerprint density at radius 3 is 2.46 bits per heavy atom. The number of aryl methyl sites for hydroxylation is 1. The number of hydrogen-bond acceptors (Lipinski definition) is 5. The van der Waals surface area contributed by atoms with E-state index in [-0.39, 0.29) is 11.8 Å². The molecular formula is C16H23N7O3. The van der Waals surface area contributed by atoms with E-state index in [4.69, 9.17) is 27.3 Å². The number of anilines is 1. The maximum absolute atomic E-state index is 11.4. The second-order valence-corrected chi connectivity index (χ2v) is 5.32.